The number of carbonyl (C=O) groups is 2. The number of hydrogen-bond acceptors (Lipinski definition) is 6. The quantitative estimate of drug-likeness (QED) is 0.622. The van der Waals surface area contributed by atoms with Gasteiger partial charge >= 0.3 is 5.97 Å². The Kier molecular flexibility index (Phi) is 3.80. The van der Waals surface area contributed by atoms with Gasteiger partial charge in [-0.3, -0.25) is 9.59 Å². The van der Waals surface area contributed by atoms with Crippen molar-refractivity contribution >= 4 is 11.8 Å². The van der Waals surface area contributed by atoms with Crippen LogP contribution >= 0.6 is 0 Å². The van der Waals surface area contributed by atoms with E-state index in [4.69, 9.17) is 18.9 Å². The number of benzene rings is 1. The van der Waals surface area contributed by atoms with Crippen LogP contribution in [0.15, 0.2) is 12.1 Å². The van der Waals surface area contributed by atoms with Gasteiger partial charge in [0.05, 0.1) is 26.9 Å². The van der Waals surface area contributed by atoms with E-state index in [-0.39, 0.29) is 12.2 Å². The van der Waals surface area contributed by atoms with Gasteiger partial charge in [0, 0.05) is 12.8 Å². The number of carbonyl (C=O) groups excluding carboxylic acids is 2. The van der Waals surface area contributed by atoms with Crippen molar-refractivity contribution in [3.8, 4) is 11.5 Å². The molecule has 3 rings (SSSR count). The Balaban J connectivity index is 2.09. The van der Waals surface area contributed by atoms with Crippen LogP contribution in [0.2, 0.25) is 0 Å². The molecule has 0 saturated carbocycles. The van der Waals surface area contributed by atoms with E-state index >= 15 is 0 Å². The molecular weight excluding hydrogens is 300 g/mol. The fourth-order valence-corrected chi connectivity index (χ4v) is 3.57. The van der Waals surface area contributed by atoms with Crippen LogP contribution in [0.3, 0.4) is 0 Å². The molecular formula is C17H20O6. The Labute approximate surface area is 134 Å². The average Bonchev–Trinajstić information content (AvgIpc) is 2.56. The lowest BCUT2D eigenvalue weighted by atomic mass is 9.73. The monoisotopic (exact) mass is 320 g/mol. The first-order valence-corrected chi connectivity index (χ1v) is 7.48. The molecule has 1 aromatic carbocycles. The molecule has 2 heterocycles. The second-order valence-corrected chi connectivity index (χ2v) is 6.09. The normalized spacial score (nSPS) is 28.8. The van der Waals surface area contributed by atoms with Crippen molar-refractivity contribution in [3.63, 3.8) is 0 Å². The van der Waals surface area contributed by atoms with Crippen molar-refractivity contribution in [2.75, 3.05) is 21.3 Å². The highest BCUT2D eigenvalue weighted by molar-refractivity contribution is 6.02. The zero-order valence-corrected chi connectivity index (χ0v) is 13.7. The molecule has 2 aliphatic rings. The molecule has 1 unspecified atom stereocenters. The molecule has 0 aromatic heterocycles. The molecule has 2 bridgehead atoms. The van der Waals surface area contributed by atoms with Crippen molar-refractivity contribution < 1.29 is 28.5 Å². The van der Waals surface area contributed by atoms with Crippen molar-refractivity contribution in [2.45, 2.75) is 31.5 Å². The molecule has 0 spiro atoms. The largest absolute Gasteiger partial charge is 0.493 e. The predicted molar refractivity (Wildman–Crippen MR) is 80.6 cm³/mol. The lowest BCUT2D eigenvalue weighted by Gasteiger charge is -2.46. The average molecular weight is 320 g/mol. The van der Waals surface area contributed by atoms with Crippen LogP contribution in [0.1, 0.15) is 24.5 Å². The maximum Gasteiger partial charge on any atom is 0.316 e. The van der Waals surface area contributed by atoms with E-state index in [1.54, 1.807) is 14.2 Å². The summed E-state index contributed by atoms with van der Waals surface area (Å²) in [6.45, 7) is 1.90. The number of hydrogen-bond donors (Lipinski definition) is 0. The van der Waals surface area contributed by atoms with Gasteiger partial charge in [0.2, 0.25) is 0 Å². The SMILES string of the molecule is COC(=O)C1C[C@@]2(C)O[C@H](Cc3cc(OC)c(OC)cc32)C1=O. The van der Waals surface area contributed by atoms with Gasteiger partial charge in [-0.1, -0.05) is 0 Å². The third-order valence-electron chi connectivity index (χ3n) is 4.73. The fraction of sp³-hybridized carbons (Fsp3) is 0.529. The summed E-state index contributed by atoms with van der Waals surface area (Å²) in [6, 6.07) is 3.75. The third-order valence-corrected chi connectivity index (χ3v) is 4.73. The van der Waals surface area contributed by atoms with E-state index in [2.05, 4.69) is 0 Å². The second-order valence-electron chi connectivity index (χ2n) is 6.09. The van der Waals surface area contributed by atoms with E-state index < -0.39 is 23.6 Å². The van der Waals surface area contributed by atoms with Gasteiger partial charge < -0.3 is 18.9 Å². The Bertz CT molecular complexity index is 667. The molecule has 0 N–H and O–H groups in total. The molecule has 0 radical (unpaired) electrons. The first-order valence-electron chi connectivity index (χ1n) is 7.48. The summed E-state index contributed by atoms with van der Waals surface area (Å²) in [6.07, 6.45) is 0.0400. The highest BCUT2D eigenvalue weighted by Gasteiger charge is 2.51. The molecule has 0 aliphatic carbocycles. The Hall–Kier alpha value is -2.08. The number of ether oxygens (including phenoxy) is 4. The summed E-state index contributed by atoms with van der Waals surface area (Å²) in [7, 11) is 4.44. The van der Waals surface area contributed by atoms with Gasteiger partial charge in [-0.05, 0) is 30.2 Å². The number of ketones is 1. The van der Waals surface area contributed by atoms with E-state index in [0.717, 1.165) is 11.1 Å². The van der Waals surface area contributed by atoms with Gasteiger partial charge in [-0.2, -0.15) is 0 Å². The van der Waals surface area contributed by atoms with Gasteiger partial charge in [-0.15, -0.1) is 0 Å². The number of esters is 1. The highest BCUT2D eigenvalue weighted by Crippen LogP contribution is 2.48. The van der Waals surface area contributed by atoms with Gasteiger partial charge in [0.25, 0.3) is 0 Å². The van der Waals surface area contributed by atoms with Crippen molar-refractivity contribution in [3.05, 3.63) is 23.3 Å². The molecule has 3 atom stereocenters. The van der Waals surface area contributed by atoms with Crippen LogP contribution in [-0.2, 0) is 31.1 Å². The first kappa shape index (κ1) is 15.8. The minimum absolute atomic E-state index is 0.213. The zero-order chi connectivity index (χ0) is 16.8. The summed E-state index contributed by atoms with van der Waals surface area (Å²) < 4.78 is 21.5. The summed E-state index contributed by atoms with van der Waals surface area (Å²) in [5.41, 5.74) is 1.18. The molecule has 124 valence electrons. The predicted octanol–water partition coefficient (Wildman–Crippen LogP) is 1.62. The molecule has 1 fully saturated rings. The summed E-state index contributed by atoms with van der Waals surface area (Å²) in [5.74, 6) is -0.286. The standard InChI is InChI=1S/C17H20O6/c1-17-8-10(16(19)22-4)15(18)14(23-17)6-9-5-12(20-2)13(21-3)7-11(9)17/h5,7,10,14H,6,8H2,1-4H3/t10?,14-,17-/m1/s1. The number of Topliss-reactive ketones (excluding diaryl/α,β-unsaturated/α-hetero) is 1. The van der Waals surface area contributed by atoms with Crippen molar-refractivity contribution in [1.29, 1.82) is 0 Å². The second kappa shape index (κ2) is 5.53. The number of rotatable bonds is 3. The van der Waals surface area contributed by atoms with Crippen LogP contribution in [0, 0.1) is 5.92 Å². The van der Waals surface area contributed by atoms with E-state index in [9.17, 15) is 9.59 Å². The minimum atomic E-state index is -0.787. The fourth-order valence-electron chi connectivity index (χ4n) is 3.57. The zero-order valence-electron chi connectivity index (χ0n) is 13.7. The summed E-state index contributed by atoms with van der Waals surface area (Å²) in [4.78, 5) is 24.4. The molecule has 1 saturated heterocycles. The summed E-state index contributed by atoms with van der Waals surface area (Å²) >= 11 is 0. The van der Waals surface area contributed by atoms with Crippen LogP contribution < -0.4 is 9.47 Å². The molecule has 2 aliphatic heterocycles. The molecule has 0 amide bonds. The maximum atomic E-state index is 12.5. The van der Waals surface area contributed by atoms with Gasteiger partial charge in [-0.25, -0.2) is 0 Å². The Morgan fingerprint density at radius 1 is 1.22 bits per heavy atom. The van der Waals surface area contributed by atoms with Gasteiger partial charge in [0.1, 0.15) is 12.0 Å². The van der Waals surface area contributed by atoms with Crippen molar-refractivity contribution in [1.82, 2.24) is 0 Å². The van der Waals surface area contributed by atoms with Crippen LogP contribution in [0.4, 0.5) is 0 Å². The molecule has 6 heteroatoms. The topological polar surface area (TPSA) is 71.1 Å². The number of fused-ring (bicyclic) bond motifs is 4. The maximum absolute atomic E-state index is 12.5. The van der Waals surface area contributed by atoms with E-state index in [1.165, 1.54) is 7.11 Å². The molecule has 6 nitrogen and oxygen atoms in total. The van der Waals surface area contributed by atoms with E-state index in [0.29, 0.717) is 17.9 Å². The van der Waals surface area contributed by atoms with Crippen molar-refractivity contribution in [2.24, 2.45) is 5.92 Å². The molecule has 23 heavy (non-hydrogen) atoms. The third kappa shape index (κ3) is 2.37. The van der Waals surface area contributed by atoms with Gasteiger partial charge in [0.15, 0.2) is 17.3 Å². The first-order chi connectivity index (χ1) is 10.9. The Morgan fingerprint density at radius 3 is 2.48 bits per heavy atom. The Morgan fingerprint density at radius 2 is 1.87 bits per heavy atom. The smallest absolute Gasteiger partial charge is 0.316 e. The number of methoxy groups -OCH3 is 3. The van der Waals surface area contributed by atoms with Crippen LogP contribution in [0.5, 0.6) is 11.5 Å². The minimum Gasteiger partial charge on any atom is -0.493 e. The molecule has 1 aromatic rings. The lowest BCUT2D eigenvalue weighted by Crippen LogP contribution is -2.53. The lowest BCUT2D eigenvalue weighted by molar-refractivity contribution is -0.182. The van der Waals surface area contributed by atoms with E-state index in [1.807, 2.05) is 19.1 Å². The highest BCUT2D eigenvalue weighted by atomic mass is 16.5. The summed E-state index contributed by atoms with van der Waals surface area (Å²) in [5, 5.41) is 0. The van der Waals surface area contributed by atoms with Crippen LogP contribution in [0.25, 0.3) is 0 Å². The van der Waals surface area contributed by atoms with Crippen LogP contribution in [-0.4, -0.2) is 39.2 Å².